The van der Waals surface area contributed by atoms with E-state index in [1.807, 2.05) is 0 Å². The third-order valence-corrected chi connectivity index (χ3v) is 14.9. The molecule has 0 bridgehead atoms. The molecule has 0 radical (unpaired) electrons. The predicted octanol–water partition coefficient (Wildman–Crippen LogP) is -5.60. The zero-order valence-electron chi connectivity index (χ0n) is 56.7. The summed E-state index contributed by atoms with van der Waals surface area (Å²) >= 11 is 0. The third kappa shape index (κ3) is 51.5. The highest BCUT2D eigenvalue weighted by atomic mass is 16.2. The van der Waals surface area contributed by atoms with Crippen LogP contribution in [0.4, 0.5) is 0 Å². The van der Waals surface area contributed by atoms with Gasteiger partial charge in [-0.3, -0.25) is 47.9 Å². The Morgan fingerprint density at radius 3 is 0.543 bits per heavy atom. The van der Waals surface area contributed by atoms with Crippen LogP contribution in [0.5, 0.6) is 0 Å². The minimum Gasteiger partial charge on any atom is -0.356 e. The monoisotopic (exact) mass is 1340 g/mol. The lowest BCUT2D eigenvalue weighted by atomic mass is 10.1. The number of carbonyl (C=O) groups excluding carboxylic acids is 10. The van der Waals surface area contributed by atoms with Gasteiger partial charge >= 0.3 is 0 Å². The van der Waals surface area contributed by atoms with Gasteiger partial charge in [-0.1, -0.05) is 0 Å². The van der Waals surface area contributed by atoms with Gasteiger partial charge in [-0.15, -0.1) is 0 Å². The summed E-state index contributed by atoms with van der Waals surface area (Å²) in [6.07, 6.45) is 12.8. The standard InChI is InChI=1S/C62H128N22O10/c63-21-1-7-28-70-48(58(90)80-36-10-4-24-66)43-53(85)75-32-14-13-31-73-50(60(92)83-39-18-17-35-78-54(86)44-49(71-29-8-2-22-64)59(91)81-37-11-5-25-67)45-55(87)76-33-15-16-34-77-56(88)46-51(72-30-9-3-23-65)62(94)84-42-20-41-79-57(89)47-52(74-40-19-27-69)61(93)82-38-12-6-26-68/h48-52,70-74H,1-47,63-69H2,(H,75,85)(H,76,87)(H,77,88)(H,78,86)(H,79,89)(H,80,90)(H,81,91)(H,82,93)(H,83,92)(H,84,94). The molecule has 0 aromatic heterocycles. The lowest BCUT2D eigenvalue weighted by Gasteiger charge is -2.19. The summed E-state index contributed by atoms with van der Waals surface area (Å²) in [5, 5.41) is 44.4. The Kier molecular flexibility index (Phi) is 59.4. The highest BCUT2D eigenvalue weighted by Gasteiger charge is 2.26. The van der Waals surface area contributed by atoms with Crippen molar-refractivity contribution >= 4 is 59.1 Å². The Bertz CT molecular complexity index is 2020. The van der Waals surface area contributed by atoms with E-state index in [-0.39, 0.29) is 118 Å². The number of carbonyl (C=O) groups is 10. The molecule has 0 fully saturated rings. The SMILES string of the molecule is NCCCCNC(=O)C(CC(=O)NCCCNC(=O)C(CC(=O)NCCCCNC(=O)CC(NCCCCNC(=O)CC(NCCCCN)C(=O)NCCCCN)C(=O)NCCCCNC(=O)CC(NCCCCN)C(=O)NCCCCN)NCCCCN)NCCCN. The minimum atomic E-state index is -0.899. The molecule has 0 aliphatic carbocycles. The molecule has 29 N–H and O–H groups in total. The van der Waals surface area contributed by atoms with E-state index in [2.05, 4.69) is 79.8 Å². The van der Waals surface area contributed by atoms with Gasteiger partial charge in [-0.2, -0.15) is 0 Å². The van der Waals surface area contributed by atoms with Gasteiger partial charge in [0.2, 0.25) is 59.1 Å². The maximum absolute atomic E-state index is 13.6. The molecular formula is C62H128N22O10. The Hall–Kier alpha value is -5.78. The van der Waals surface area contributed by atoms with Crippen molar-refractivity contribution in [3.8, 4) is 0 Å². The van der Waals surface area contributed by atoms with E-state index in [1.54, 1.807) is 0 Å². The fourth-order valence-electron chi connectivity index (χ4n) is 9.33. The normalized spacial score (nSPS) is 12.7. The second kappa shape index (κ2) is 63.3. The van der Waals surface area contributed by atoms with Crippen LogP contribution in [0.3, 0.4) is 0 Å². The molecule has 0 aliphatic rings. The van der Waals surface area contributed by atoms with Crippen molar-refractivity contribution in [2.75, 3.05) is 144 Å². The lowest BCUT2D eigenvalue weighted by molar-refractivity contribution is -0.128. The molecule has 0 spiro atoms. The van der Waals surface area contributed by atoms with Gasteiger partial charge in [0.05, 0.1) is 62.3 Å². The lowest BCUT2D eigenvalue weighted by Crippen LogP contribution is -2.48. The van der Waals surface area contributed by atoms with E-state index >= 15 is 0 Å². The molecule has 5 atom stereocenters. The number of hydrogen-bond acceptors (Lipinski definition) is 22. The van der Waals surface area contributed by atoms with Crippen molar-refractivity contribution in [3.05, 3.63) is 0 Å². The summed E-state index contributed by atoms with van der Waals surface area (Å²) in [6.45, 7) is 9.21. The van der Waals surface area contributed by atoms with Gasteiger partial charge < -0.3 is 120 Å². The van der Waals surface area contributed by atoms with Crippen molar-refractivity contribution in [1.29, 1.82) is 0 Å². The van der Waals surface area contributed by atoms with Crippen molar-refractivity contribution < 1.29 is 47.9 Å². The third-order valence-electron chi connectivity index (χ3n) is 14.9. The van der Waals surface area contributed by atoms with Crippen LogP contribution in [-0.4, -0.2) is 233 Å². The number of nitrogens with two attached hydrogens (primary N) is 7. The van der Waals surface area contributed by atoms with Crippen LogP contribution >= 0.6 is 0 Å². The summed E-state index contributed by atoms with van der Waals surface area (Å²) in [6, 6.07) is -3.88. The Morgan fingerprint density at radius 1 is 0.181 bits per heavy atom. The first kappa shape index (κ1) is 88.2. The van der Waals surface area contributed by atoms with Gasteiger partial charge in [0.1, 0.15) is 0 Å². The smallest absolute Gasteiger partial charge is 0.237 e. The predicted molar refractivity (Wildman–Crippen MR) is 368 cm³/mol. The van der Waals surface area contributed by atoms with Gasteiger partial charge in [0.25, 0.3) is 0 Å². The van der Waals surface area contributed by atoms with Gasteiger partial charge in [0.15, 0.2) is 0 Å². The number of amides is 10. The number of rotatable bonds is 66. The first-order valence-corrected chi connectivity index (χ1v) is 34.9. The molecule has 0 heterocycles. The largest absolute Gasteiger partial charge is 0.356 e. The Labute approximate surface area is 559 Å². The fraction of sp³-hybridized carbons (Fsp3) is 0.839. The molecule has 5 unspecified atom stereocenters. The van der Waals surface area contributed by atoms with Crippen LogP contribution in [0.2, 0.25) is 0 Å². The number of nitrogens with one attached hydrogen (secondary N) is 15. The molecule has 10 amide bonds. The van der Waals surface area contributed by atoms with Crippen LogP contribution in [0.15, 0.2) is 0 Å². The Balaban J connectivity index is 5.46. The van der Waals surface area contributed by atoms with E-state index in [0.717, 1.165) is 70.6 Å². The topological polar surface area (TPSA) is 533 Å². The molecule has 0 aliphatic heterocycles. The van der Waals surface area contributed by atoms with Gasteiger partial charge in [-0.25, -0.2) is 0 Å². The molecule has 0 saturated heterocycles. The zero-order valence-corrected chi connectivity index (χ0v) is 56.7. The number of hydrogen-bond donors (Lipinski definition) is 22. The second-order valence-corrected chi connectivity index (χ2v) is 23.4. The molecule has 32 heteroatoms. The Morgan fingerprint density at radius 2 is 0.330 bits per heavy atom. The average molecular weight is 1340 g/mol. The quantitative estimate of drug-likeness (QED) is 0.0253. The molecule has 0 rings (SSSR count). The van der Waals surface area contributed by atoms with Gasteiger partial charge in [-0.05, 0) is 207 Å². The minimum absolute atomic E-state index is 0.0477. The van der Waals surface area contributed by atoms with Crippen LogP contribution in [0.25, 0.3) is 0 Å². The molecule has 0 aromatic carbocycles. The second-order valence-electron chi connectivity index (χ2n) is 23.4. The highest BCUT2D eigenvalue weighted by molar-refractivity contribution is 5.91. The maximum atomic E-state index is 13.6. The van der Waals surface area contributed by atoms with Crippen LogP contribution < -0.4 is 120 Å². The van der Waals surface area contributed by atoms with Gasteiger partial charge in [0, 0.05) is 65.4 Å². The molecule has 32 nitrogen and oxygen atoms in total. The molecule has 0 saturated carbocycles. The van der Waals surface area contributed by atoms with E-state index in [1.165, 1.54) is 0 Å². The molecular weight excluding hydrogens is 1210 g/mol. The molecule has 546 valence electrons. The highest BCUT2D eigenvalue weighted by Crippen LogP contribution is 2.03. The van der Waals surface area contributed by atoms with Crippen molar-refractivity contribution in [3.63, 3.8) is 0 Å². The van der Waals surface area contributed by atoms with E-state index in [4.69, 9.17) is 40.1 Å². The van der Waals surface area contributed by atoms with Crippen molar-refractivity contribution in [1.82, 2.24) is 79.8 Å². The molecule has 0 aromatic rings. The first-order chi connectivity index (χ1) is 45.6. The van der Waals surface area contributed by atoms with Crippen molar-refractivity contribution in [2.24, 2.45) is 40.1 Å². The molecule has 94 heavy (non-hydrogen) atoms. The average Bonchev–Trinajstić information content (AvgIpc) is 2.60. The van der Waals surface area contributed by atoms with E-state index in [0.29, 0.717) is 169 Å². The fourth-order valence-corrected chi connectivity index (χ4v) is 9.33. The summed E-state index contributed by atoms with van der Waals surface area (Å²) < 4.78 is 0. The maximum Gasteiger partial charge on any atom is 0.237 e. The van der Waals surface area contributed by atoms with Crippen LogP contribution in [0, 0.1) is 0 Å². The van der Waals surface area contributed by atoms with E-state index in [9.17, 15) is 47.9 Å². The van der Waals surface area contributed by atoms with E-state index < -0.39 is 36.1 Å². The first-order valence-electron chi connectivity index (χ1n) is 34.9. The zero-order chi connectivity index (χ0) is 69.5. The summed E-state index contributed by atoms with van der Waals surface area (Å²) in [5.74, 6) is -3.18. The van der Waals surface area contributed by atoms with Crippen LogP contribution in [-0.2, 0) is 47.9 Å². The summed E-state index contributed by atoms with van der Waals surface area (Å²) in [4.78, 5) is 131. The van der Waals surface area contributed by atoms with Crippen molar-refractivity contribution in [2.45, 2.75) is 191 Å². The summed E-state index contributed by atoms with van der Waals surface area (Å²) in [5.41, 5.74) is 39.3. The summed E-state index contributed by atoms with van der Waals surface area (Å²) in [7, 11) is 0. The number of unbranched alkanes of at least 4 members (excludes halogenated alkanes) is 9. The van der Waals surface area contributed by atoms with Crippen LogP contribution in [0.1, 0.15) is 161 Å².